The summed E-state index contributed by atoms with van der Waals surface area (Å²) in [6.07, 6.45) is 0.790. The lowest BCUT2D eigenvalue weighted by atomic mass is 10.1. The molecule has 1 rings (SSSR count). The summed E-state index contributed by atoms with van der Waals surface area (Å²) in [7, 11) is 0. The van der Waals surface area contributed by atoms with E-state index >= 15 is 0 Å². The molecule has 0 aliphatic carbocycles. The molecule has 1 aromatic rings. The highest BCUT2D eigenvalue weighted by atomic mass is 32.2. The van der Waals surface area contributed by atoms with Crippen LogP contribution < -0.4 is 11.1 Å². The second-order valence-electron chi connectivity index (χ2n) is 4.85. The molecule has 106 valence electrons. The first-order chi connectivity index (χ1) is 9.02. The number of aryl methyl sites for hydroxylation is 2. The molecule has 0 saturated heterocycles. The number of thioether (sulfide) groups is 1. The molecule has 0 heterocycles. The second-order valence-corrected chi connectivity index (χ2v) is 5.96. The topological polar surface area (TPSA) is 55.1 Å². The summed E-state index contributed by atoms with van der Waals surface area (Å²) in [6, 6.07) is 6.42. The van der Waals surface area contributed by atoms with Crippen LogP contribution in [0, 0.1) is 13.8 Å². The molecular formula is C15H24N2OS. The van der Waals surface area contributed by atoms with Crippen molar-refractivity contribution in [3.05, 3.63) is 34.9 Å². The van der Waals surface area contributed by atoms with E-state index in [0.717, 1.165) is 24.5 Å². The molecule has 1 aromatic carbocycles. The van der Waals surface area contributed by atoms with Crippen molar-refractivity contribution < 1.29 is 4.79 Å². The van der Waals surface area contributed by atoms with Crippen LogP contribution in [0.1, 0.15) is 30.0 Å². The third kappa shape index (κ3) is 6.12. The Morgan fingerprint density at radius 1 is 1.32 bits per heavy atom. The lowest BCUT2D eigenvalue weighted by Crippen LogP contribution is -2.41. The van der Waals surface area contributed by atoms with Gasteiger partial charge >= 0.3 is 0 Å². The van der Waals surface area contributed by atoms with Gasteiger partial charge in [-0.05, 0) is 38.1 Å². The van der Waals surface area contributed by atoms with Gasteiger partial charge < -0.3 is 11.1 Å². The van der Waals surface area contributed by atoms with Crippen molar-refractivity contribution in [3.63, 3.8) is 0 Å². The van der Waals surface area contributed by atoms with Gasteiger partial charge in [0.2, 0.25) is 5.91 Å². The lowest BCUT2D eigenvalue weighted by molar-refractivity contribution is -0.120. The summed E-state index contributed by atoms with van der Waals surface area (Å²) in [5.74, 6) is 1.67. The number of rotatable bonds is 8. The predicted octanol–water partition coefficient (Wildman–Crippen LogP) is 2.39. The summed E-state index contributed by atoms with van der Waals surface area (Å²) in [5, 5.41) is 3.11. The first kappa shape index (κ1) is 16.1. The van der Waals surface area contributed by atoms with E-state index in [2.05, 4.69) is 37.4 Å². The zero-order valence-corrected chi connectivity index (χ0v) is 12.8. The highest BCUT2D eigenvalue weighted by Gasteiger charge is 2.12. The minimum atomic E-state index is -0.256. The van der Waals surface area contributed by atoms with Crippen LogP contribution in [0.15, 0.2) is 18.2 Å². The fraction of sp³-hybridized carbons (Fsp3) is 0.533. The first-order valence-electron chi connectivity index (χ1n) is 6.70. The average molecular weight is 280 g/mol. The highest BCUT2D eigenvalue weighted by molar-refractivity contribution is 7.98. The van der Waals surface area contributed by atoms with Crippen LogP contribution >= 0.6 is 11.8 Å². The summed E-state index contributed by atoms with van der Waals surface area (Å²) in [5.41, 5.74) is 9.30. The van der Waals surface area contributed by atoms with Gasteiger partial charge in [-0.15, -0.1) is 0 Å². The molecule has 1 amide bonds. The number of carbonyl (C=O) groups excluding carboxylic acids is 1. The number of nitrogens with one attached hydrogen (secondary N) is 1. The Bertz CT molecular complexity index is 400. The molecule has 0 aromatic heterocycles. The Hall–Kier alpha value is -1.00. The molecule has 0 saturated carbocycles. The van der Waals surface area contributed by atoms with E-state index in [1.165, 1.54) is 16.7 Å². The molecule has 0 spiro atoms. The predicted molar refractivity (Wildman–Crippen MR) is 83.4 cm³/mol. The Kier molecular flexibility index (Phi) is 6.95. The van der Waals surface area contributed by atoms with Crippen LogP contribution in [0.2, 0.25) is 0 Å². The van der Waals surface area contributed by atoms with Crippen LogP contribution in [0.5, 0.6) is 0 Å². The molecule has 0 aliphatic rings. The van der Waals surface area contributed by atoms with Gasteiger partial charge in [0, 0.05) is 5.75 Å². The number of hydrogen-bond acceptors (Lipinski definition) is 3. The van der Waals surface area contributed by atoms with E-state index < -0.39 is 0 Å². The summed E-state index contributed by atoms with van der Waals surface area (Å²) in [4.78, 5) is 11.2. The number of benzene rings is 1. The standard InChI is InChI=1S/C15H24N2OS/c1-4-17-14(15(16)18)5-6-19-10-13-8-11(2)7-12(3)9-13/h7-9,14,17H,4-6,10H2,1-3H3,(H2,16,18). The smallest absolute Gasteiger partial charge is 0.234 e. The Labute approximate surface area is 120 Å². The molecule has 1 atom stereocenters. The summed E-state index contributed by atoms with van der Waals surface area (Å²) >= 11 is 1.85. The molecule has 0 radical (unpaired) electrons. The molecule has 1 unspecified atom stereocenters. The Morgan fingerprint density at radius 2 is 1.95 bits per heavy atom. The fourth-order valence-corrected chi connectivity index (χ4v) is 3.08. The van der Waals surface area contributed by atoms with Crippen LogP contribution in [-0.4, -0.2) is 24.2 Å². The normalized spacial score (nSPS) is 12.4. The second kappa shape index (κ2) is 8.23. The Morgan fingerprint density at radius 3 is 2.47 bits per heavy atom. The minimum Gasteiger partial charge on any atom is -0.368 e. The van der Waals surface area contributed by atoms with Crippen molar-refractivity contribution in [3.8, 4) is 0 Å². The van der Waals surface area contributed by atoms with Gasteiger partial charge in [0.05, 0.1) is 6.04 Å². The zero-order valence-electron chi connectivity index (χ0n) is 12.0. The van der Waals surface area contributed by atoms with Crippen molar-refractivity contribution in [2.75, 3.05) is 12.3 Å². The molecule has 19 heavy (non-hydrogen) atoms. The van der Waals surface area contributed by atoms with Gasteiger partial charge in [0.15, 0.2) is 0 Å². The third-order valence-corrected chi connectivity index (χ3v) is 3.96. The number of carbonyl (C=O) groups is 1. The molecule has 3 nitrogen and oxygen atoms in total. The van der Waals surface area contributed by atoms with Crippen molar-refractivity contribution >= 4 is 17.7 Å². The van der Waals surface area contributed by atoms with Gasteiger partial charge in [-0.3, -0.25) is 4.79 Å². The molecule has 3 N–H and O–H groups in total. The fourth-order valence-electron chi connectivity index (χ4n) is 2.13. The largest absolute Gasteiger partial charge is 0.368 e. The van der Waals surface area contributed by atoms with Crippen LogP contribution in [-0.2, 0) is 10.5 Å². The van der Waals surface area contributed by atoms with E-state index in [9.17, 15) is 4.79 Å². The van der Waals surface area contributed by atoms with Gasteiger partial charge in [-0.25, -0.2) is 0 Å². The highest BCUT2D eigenvalue weighted by Crippen LogP contribution is 2.17. The first-order valence-corrected chi connectivity index (χ1v) is 7.86. The zero-order chi connectivity index (χ0) is 14.3. The van der Waals surface area contributed by atoms with E-state index in [0.29, 0.717) is 0 Å². The third-order valence-electron chi connectivity index (χ3n) is 2.90. The van der Waals surface area contributed by atoms with Crippen molar-refractivity contribution in [1.82, 2.24) is 5.32 Å². The lowest BCUT2D eigenvalue weighted by Gasteiger charge is -2.13. The number of primary amides is 1. The summed E-state index contributed by atoms with van der Waals surface area (Å²) < 4.78 is 0. The van der Waals surface area contributed by atoms with Gasteiger partial charge in [-0.1, -0.05) is 36.2 Å². The maximum atomic E-state index is 11.2. The van der Waals surface area contributed by atoms with Gasteiger partial charge in [-0.2, -0.15) is 11.8 Å². The van der Waals surface area contributed by atoms with E-state index in [-0.39, 0.29) is 11.9 Å². The molecule has 0 aliphatic heterocycles. The molecule has 0 bridgehead atoms. The van der Waals surface area contributed by atoms with Gasteiger partial charge in [0.25, 0.3) is 0 Å². The molecule has 4 heteroatoms. The average Bonchev–Trinajstić information content (AvgIpc) is 2.31. The van der Waals surface area contributed by atoms with Crippen molar-refractivity contribution in [1.29, 1.82) is 0 Å². The number of nitrogens with two attached hydrogens (primary N) is 1. The number of amides is 1. The SMILES string of the molecule is CCNC(CCSCc1cc(C)cc(C)c1)C(N)=O. The number of likely N-dealkylation sites (N-methyl/N-ethyl adjacent to an activating group) is 1. The number of hydrogen-bond donors (Lipinski definition) is 2. The maximum Gasteiger partial charge on any atom is 0.234 e. The van der Waals surface area contributed by atoms with Crippen molar-refractivity contribution in [2.45, 2.75) is 39.0 Å². The van der Waals surface area contributed by atoms with Crippen LogP contribution in [0.4, 0.5) is 0 Å². The Balaban J connectivity index is 2.35. The molecular weight excluding hydrogens is 256 g/mol. The van der Waals surface area contributed by atoms with Crippen LogP contribution in [0.25, 0.3) is 0 Å². The van der Waals surface area contributed by atoms with E-state index in [4.69, 9.17) is 5.73 Å². The molecule has 0 fully saturated rings. The minimum absolute atomic E-state index is 0.197. The van der Waals surface area contributed by atoms with E-state index in [1.807, 2.05) is 18.7 Å². The van der Waals surface area contributed by atoms with Crippen molar-refractivity contribution in [2.24, 2.45) is 5.73 Å². The monoisotopic (exact) mass is 280 g/mol. The van der Waals surface area contributed by atoms with Crippen LogP contribution in [0.3, 0.4) is 0 Å². The van der Waals surface area contributed by atoms with E-state index in [1.54, 1.807) is 0 Å². The quantitative estimate of drug-likeness (QED) is 0.719. The van der Waals surface area contributed by atoms with Gasteiger partial charge in [0.1, 0.15) is 0 Å². The maximum absolute atomic E-state index is 11.2. The summed E-state index contributed by atoms with van der Waals surface area (Å²) in [6.45, 7) is 7.00.